The lowest BCUT2D eigenvalue weighted by Gasteiger charge is -2.17. The summed E-state index contributed by atoms with van der Waals surface area (Å²) in [4.78, 5) is 0. The largest absolute Gasteiger partial charge is 0.490 e. The Labute approximate surface area is 133 Å². The van der Waals surface area contributed by atoms with Crippen LogP contribution in [-0.4, -0.2) is 24.2 Å². The number of ether oxygens (including phenoxy) is 2. The zero-order valence-electron chi connectivity index (χ0n) is 13.7. The maximum absolute atomic E-state index is 6.27. The first kappa shape index (κ1) is 18.2. The van der Waals surface area contributed by atoms with Crippen LogP contribution in [0.4, 0.5) is 0 Å². The number of benzene rings is 1. The van der Waals surface area contributed by atoms with Gasteiger partial charge >= 0.3 is 0 Å². The van der Waals surface area contributed by atoms with Crippen LogP contribution in [0, 0.1) is 0 Å². The van der Waals surface area contributed by atoms with E-state index in [-0.39, 0.29) is 6.04 Å². The van der Waals surface area contributed by atoms with Crippen LogP contribution in [0.2, 0.25) is 0 Å². The number of rotatable bonds is 10. The van der Waals surface area contributed by atoms with Crippen molar-refractivity contribution in [2.75, 3.05) is 19.0 Å². The third-order valence-corrected chi connectivity index (χ3v) is 4.15. The van der Waals surface area contributed by atoms with Crippen LogP contribution >= 0.6 is 11.8 Å². The summed E-state index contributed by atoms with van der Waals surface area (Å²) >= 11 is 1.88. The van der Waals surface area contributed by atoms with Crippen molar-refractivity contribution in [2.45, 2.75) is 51.8 Å². The predicted octanol–water partition coefficient (Wildman–Crippen LogP) is 4.41. The molecule has 4 heteroatoms. The molecular weight excluding hydrogens is 282 g/mol. The van der Waals surface area contributed by atoms with E-state index in [0.717, 1.165) is 35.7 Å². The van der Waals surface area contributed by atoms with Gasteiger partial charge in [0, 0.05) is 11.8 Å². The summed E-state index contributed by atoms with van der Waals surface area (Å²) in [6.45, 7) is 9.98. The van der Waals surface area contributed by atoms with Gasteiger partial charge in [-0.2, -0.15) is 11.8 Å². The number of hydrogen-bond donors (Lipinski definition) is 1. The zero-order valence-corrected chi connectivity index (χ0v) is 14.5. The average molecular weight is 311 g/mol. The topological polar surface area (TPSA) is 44.5 Å². The minimum Gasteiger partial charge on any atom is -0.490 e. The van der Waals surface area contributed by atoms with E-state index in [2.05, 4.69) is 33.8 Å². The van der Waals surface area contributed by atoms with Gasteiger partial charge < -0.3 is 15.2 Å². The Kier molecular flexibility index (Phi) is 8.62. The maximum atomic E-state index is 6.27. The Morgan fingerprint density at radius 1 is 1.05 bits per heavy atom. The Balaban J connectivity index is 2.81. The fourth-order valence-electron chi connectivity index (χ4n) is 1.80. The fraction of sp³-hybridized carbons (Fsp3) is 0.647. The summed E-state index contributed by atoms with van der Waals surface area (Å²) in [6.07, 6.45) is 1.96. The van der Waals surface area contributed by atoms with Gasteiger partial charge in [0.1, 0.15) is 0 Å². The molecule has 0 saturated heterocycles. The van der Waals surface area contributed by atoms with Crippen LogP contribution in [0.25, 0.3) is 0 Å². The van der Waals surface area contributed by atoms with E-state index in [1.165, 1.54) is 0 Å². The fourth-order valence-corrected chi connectivity index (χ4v) is 2.59. The van der Waals surface area contributed by atoms with Crippen LogP contribution in [0.15, 0.2) is 18.2 Å². The standard InChI is InChI=1S/C17H29NO2S/c1-5-9-19-16-8-7-14(11-17(16)20-10-6-2)15(18)12-21-13(3)4/h7-8,11,13,15H,5-6,9-10,12,18H2,1-4H3. The monoisotopic (exact) mass is 311 g/mol. The molecule has 0 heterocycles. The zero-order chi connectivity index (χ0) is 15.7. The molecule has 0 amide bonds. The Bertz CT molecular complexity index is 410. The van der Waals surface area contributed by atoms with Crippen LogP contribution in [0.3, 0.4) is 0 Å². The van der Waals surface area contributed by atoms with Gasteiger partial charge in [-0.05, 0) is 35.8 Å². The molecule has 0 radical (unpaired) electrons. The van der Waals surface area contributed by atoms with E-state index in [1.807, 2.05) is 23.9 Å². The van der Waals surface area contributed by atoms with Crippen molar-refractivity contribution in [3.63, 3.8) is 0 Å². The molecule has 120 valence electrons. The lowest BCUT2D eigenvalue weighted by Crippen LogP contribution is -2.14. The Hall–Kier alpha value is -0.870. The van der Waals surface area contributed by atoms with Crippen LogP contribution < -0.4 is 15.2 Å². The maximum Gasteiger partial charge on any atom is 0.161 e. The number of thioether (sulfide) groups is 1. The molecule has 0 aliphatic heterocycles. The highest BCUT2D eigenvalue weighted by Gasteiger charge is 2.12. The molecule has 0 aliphatic carbocycles. The van der Waals surface area contributed by atoms with Crippen molar-refractivity contribution < 1.29 is 9.47 Å². The average Bonchev–Trinajstić information content (AvgIpc) is 2.48. The van der Waals surface area contributed by atoms with E-state index in [4.69, 9.17) is 15.2 Å². The molecule has 2 N–H and O–H groups in total. The molecule has 0 aromatic heterocycles. The molecule has 0 fully saturated rings. The second-order valence-corrected chi connectivity index (χ2v) is 7.00. The van der Waals surface area contributed by atoms with E-state index < -0.39 is 0 Å². The van der Waals surface area contributed by atoms with Gasteiger partial charge in [0.05, 0.1) is 13.2 Å². The smallest absolute Gasteiger partial charge is 0.161 e. The molecule has 1 unspecified atom stereocenters. The number of nitrogens with two attached hydrogens (primary N) is 1. The highest BCUT2D eigenvalue weighted by Crippen LogP contribution is 2.31. The third-order valence-electron chi connectivity index (χ3n) is 2.93. The molecule has 21 heavy (non-hydrogen) atoms. The molecule has 0 spiro atoms. The van der Waals surface area contributed by atoms with E-state index in [9.17, 15) is 0 Å². The number of hydrogen-bond acceptors (Lipinski definition) is 4. The lowest BCUT2D eigenvalue weighted by atomic mass is 10.1. The molecular formula is C17H29NO2S. The first-order valence-corrected chi connectivity index (χ1v) is 8.90. The second kappa shape index (κ2) is 9.96. The minimum absolute atomic E-state index is 0.0293. The normalized spacial score (nSPS) is 12.5. The third kappa shape index (κ3) is 6.62. The van der Waals surface area contributed by atoms with E-state index in [0.29, 0.717) is 18.5 Å². The van der Waals surface area contributed by atoms with Crippen molar-refractivity contribution in [1.29, 1.82) is 0 Å². The molecule has 0 bridgehead atoms. The Morgan fingerprint density at radius 2 is 1.67 bits per heavy atom. The minimum atomic E-state index is 0.0293. The van der Waals surface area contributed by atoms with Gasteiger partial charge in [0.2, 0.25) is 0 Å². The summed E-state index contributed by atoms with van der Waals surface area (Å²) in [5, 5.41) is 0.596. The summed E-state index contributed by atoms with van der Waals surface area (Å²) < 4.78 is 11.6. The van der Waals surface area contributed by atoms with Crippen LogP contribution in [-0.2, 0) is 0 Å². The van der Waals surface area contributed by atoms with Crippen molar-refractivity contribution in [2.24, 2.45) is 5.73 Å². The van der Waals surface area contributed by atoms with E-state index in [1.54, 1.807) is 0 Å². The van der Waals surface area contributed by atoms with Gasteiger partial charge in [-0.3, -0.25) is 0 Å². The predicted molar refractivity (Wildman–Crippen MR) is 92.5 cm³/mol. The van der Waals surface area contributed by atoms with Crippen molar-refractivity contribution in [3.05, 3.63) is 23.8 Å². The first-order valence-electron chi connectivity index (χ1n) is 7.85. The Morgan fingerprint density at radius 3 is 2.24 bits per heavy atom. The highest BCUT2D eigenvalue weighted by atomic mass is 32.2. The van der Waals surface area contributed by atoms with Crippen molar-refractivity contribution in [3.8, 4) is 11.5 Å². The lowest BCUT2D eigenvalue weighted by molar-refractivity contribution is 0.268. The molecule has 1 aromatic carbocycles. The molecule has 1 aromatic rings. The van der Waals surface area contributed by atoms with Gasteiger partial charge in [0.15, 0.2) is 11.5 Å². The van der Waals surface area contributed by atoms with Gasteiger partial charge in [-0.15, -0.1) is 0 Å². The highest BCUT2D eigenvalue weighted by molar-refractivity contribution is 7.99. The van der Waals surface area contributed by atoms with Gasteiger partial charge in [-0.1, -0.05) is 33.8 Å². The summed E-state index contributed by atoms with van der Waals surface area (Å²) in [5.74, 6) is 2.55. The summed E-state index contributed by atoms with van der Waals surface area (Å²) in [7, 11) is 0. The van der Waals surface area contributed by atoms with Crippen molar-refractivity contribution >= 4 is 11.8 Å². The van der Waals surface area contributed by atoms with E-state index >= 15 is 0 Å². The first-order chi connectivity index (χ1) is 10.1. The summed E-state index contributed by atoms with van der Waals surface area (Å²) in [5.41, 5.74) is 7.38. The molecule has 3 nitrogen and oxygen atoms in total. The van der Waals surface area contributed by atoms with Gasteiger partial charge in [0.25, 0.3) is 0 Å². The molecule has 0 aliphatic rings. The summed E-state index contributed by atoms with van der Waals surface area (Å²) in [6, 6.07) is 6.10. The SMILES string of the molecule is CCCOc1ccc(C(N)CSC(C)C)cc1OCCC. The molecule has 0 saturated carbocycles. The second-order valence-electron chi connectivity index (χ2n) is 5.39. The quantitative estimate of drug-likeness (QED) is 0.695. The van der Waals surface area contributed by atoms with Crippen LogP contribution in [0.5, 0.6) is 11.5 Å². The van der Waals surface area contributed by atoms with Crippen molar-refractivity contribution in [1.82, 2.24) is 0 Å². The molecule has 1 atom stereocenters. The molecule has 1 rings (SSSR count). The van der Waals surface area contributed by atoms with Crippen LogP contribution in [0.1, 0.15) is 52.1 Å². The van der Waals surface area contributed by atoms with Gasteiger partial charge in [-0.25, -0.2) is 0 Å².